The van der Waals surface area contributed by atoms with E-state index in [1.54, 1.807) is 190 Å². The highest BCUT2D eigenvalue weighted by molar-refractivity contribution is 5.85. The maximum Gasteiger partial charge on any atom is 0.316 e. The lowest BCUT2D eigenvalue weighted by atomic mass is 9.76. The van der Waals surface area contributed by atoms with E-state index in [4.69, 9.17) is 42.6 Å². The van der Waals surface area contributed by atoms with Gasteiger partial charge in [0.15, 0.2) is 0 Å². The van der Waals surface area contributed by atoms with Crippen molar-refractivity contribution in [2.24, 2.45) is 43.3 Å². The van der Waals surface area contributed by atoms with Crippen molar-refractivity contribution in [3.05, 3.63) is 131 Å². The van der Waals surface area contributed by atoms with E-state index < -0.39 is 115 Å². The second-order valence-electron chi connectivity index (χ2n) is 43.7. The van der Waals surface area contributed by atoms with E-state index in [0.29, 0.717) is 102 Å². The molecule has 1 aliphatic heterocycles. The second-order valence-corrected chi connectivity index (χ2v) is 43.7. The number of epoxide rings is 1. The number of ether oxygens (including phenoxy) is 9. The lowest BCUT2D eigenvalue weighted by Crippen LogP contribution is -2.29. The van der Waals surface area contributed by atoms with E-state index >= 15 is 38.4 Å². The molecular formula is C108H160O17. The third kappa shape index (κ3) is 33.4. The average molecular weight is 1730 g/mol. The molecular weight excluding hydrogens is 1570 g/mol. The van der Waals surface area contributed by atoms with Crippen LogP contribution in [0.3, 0.4) is 0 Å². The van der Waals surface area contributed by atoms with Gasteiger partial charge in [0, 0.05) is 92.4 Å². The van der Waals surface area contributed by atoms with Gasteiger partial charge >= 0.3 is 47.8 Å². The molecule has 1 fully saturated rings. The Morgan fingerprint density at radius 1 is 0.240 bits per heavy atom. The van der Waals surface area contributed by atoms with Crippen LogP contribution in [0.15, 0.2) is 86.5 Å². The number of carbonyl (C=O) groups is 8. The molecule has 2 aliphatic rings. The lowest BCUT2D eigenvalue weighted by Gasteiger charge is -2.33. The summed E-state index contributed by atoms with van der Waals surface area (Å²) in [4.78, 5) is 123. The van der Waals surface area contributed by atoms with Gasteiger partial charge in [-0.3, -0.25) is 38.4 Å². The number of rotatable bonds is 44. The zero-order valence-corrected chi connectivity index (χ0v) is 81.6. The molecule has 0 saturated carbocycles. The van der Waals surface area contributed by atoms with Crippen LogP contribution in [0.25, 0.3) is 0 Å². The Hall–Kier alpha value is -8.18. The van der Waals surface area contributed by atoms with Gasteiger partial charge in [-0.05, 0) is 261 Å². The van der Waals surface area contributed by atoms with Gasteiger partial charge in [-0.25, -0.2) is 0 Å². The first kappa shape index (κ1) is 106. The van der Waals surface area contributed by atoms with Crippen molar-refractivity contribution in [2.45, 2.75) is 401 Å². The predicted octanol–water partition coefficient (Wildman–Crippen LogP) is 28.6. The van der Waals surface area contributed by atoms with Crippen LogP contribution in [0.1, 0.15) is 440 Å². The van der Waals surface area contributed by atoms with Gasteiger partial charge in [-0.2, -0.15) is 0 Å². The van der Waals surface area contributed by atoms with E-state index in [-0.39, 0.29) is 46.0 Å². The first-order valence-electron chi connectivity index (χ1n) is 47.3. The molecule has 125 heavy (non-hydrogen) atoms. The second kappa shape index (κ2) is 47.2. The first-order valence-corrected chi connectivity index (χ1v) is 47.3. The van der Waals surface area contributed by atoms with E-state index in [0.717, 1.165) is 161 Å². The maximum atomic E-state index is 15.4. The highest BCUT2D eigenvalue weighted by Crippen LogP contribution is 2.56. The number of allylic oxidation sites excluding steroid dienone is 3. The molecule has 4 aromatic rings. The minimum Gasteiger partial charge on any atom is -0.426 e. The fourth-order valence-corrected chi connectivity index (χ4v) is 14.9. The van der Waals surface area contributed by atoms with Crippen LogP contribution in [-0.2, 0) is 43.1 Å². The van der Waals surface area contributed by atoms with Crippen LogP contribution in [-0.4, -0.2) is 60.5 Å². The highest BCUT2D eigenvalue weighted by atomic mass is 16.6. The summed E-state index contributed by atoms with van der Waals surface area (Å²) < 4.78 is 61.4. The van der Waals surface area contributed by atoms with Gasteiger partial charge in [0.05, 0.1) is 56.0 Å². The molecule has 0 spiro atoms. The van der Waals surface area contributed by atoms with Crippen molar-refractivity contribution in [3.63, 3.8) is 0 Å². The molecule has 1 heterocycles. The van der Waals surface area contributed by atoms with Gasteiger partial charge in [0.2, 0.25) is 0 Å². The number of hydrogen-bond acceptors (Lipinski definition) is 17. The van der Waals surface area contributed by atoms with Crippen LogP contribution in [0.2, 0.25) is 0 Å². The van der Waals surface area contributed by atoms with Crippen LogP contribution in [0, 0.1) is 43.3 Å². The molecule has 3 atom stereocenters. The van der Waals surface area contributed by atoms with Crippen molar-refractivity contribution in [1.82, 2.24) is 0 Å². The van der Waals surface area contributed by atoms with Crippen molar-refractivity contribution in [3.8, 4) is 46.0 Å². The molecule has 17 nitrogen and oxygen atoms in total. The zero-order chi connectivity index (χ0) is 93.2. The summed E-state index contributed by atoms with van der Waals surface area (Å²) >= 11 is 0. The van der Waals surface area contributed by atoms with Crippen LogP contribution < -0.4 is 37.9 Å². The van der Waals surface area contributed by atoms with E-state index in [2.05, 4.69) is 19.7 Å². The van der Waals surface area contributed by atoms with Gasteiger partial charge in [0.25, 0.3) is 0 Å². The van der Waals surface area contributed by atoms with Crippen LogP contribution >= 0.6 is 0 Å². The van der Waals surface area contributed by atoms with E-state index in [1.807, 2.05) is 42.5 Å². The van der Waals surface area contributed by atoms with E-state index in [1.165, 1.54) is 0 Å². The molecule has 6 rings (SSSR count). The van der Waals surface area contributed by atoms with Crippen LogP contribution in [0.5, 0.6) is 46.0 Å². The van der Waals surface area contributed by atoms with Gasteiger partial charge in [-0.15, -0.1) is 19.7 Å². The maximum absolute atomic E-state index is 15.4. The van der Waals surface area contributed by atoms with Crippen molar-refractivity contribution >= 4 is 47.8 Å². The first-order chi connectivity index (χ1) is 58.3. The average Bonchev–Trinajstić information content (AvgIpc) is 1.12. The standard InChI is InChI=1S/C108H160O17/c1-28-31-34-37-40-43-49-54-59-73-77-63-79(87(120-95(111)103(10,11)12)67-85(77)118-93(109)101(4,5)6)74(60-55-50-44-41-38-35-32-29-2)81-65-83(91(124-99(115)107(22,23)24)69-89(81)122-97(113)105(16,17)18)76(62-57-52-47-46-48-53-58-72-71-117-72)84-66-82(90(123-98(114)106(19,20)21)70-92(84)125-100(116)108(25,26)27)75(61-56-51-45-42-39-36-33-30-3)80-64-78(73)86(119-94(110)102(7,8)9)68-88(80)121-96(112)104(13,14)15/h28-30,63-70,72-76H,1-3,31-62,71H2,4-27H3. The van der Waals surface area contributed by atoms with Crippen molar-refractivity contribution in [1.29, 1.82) is 0 Å². The molecule has 17 heteroatoms. The minimum atomic E-state index is -1.12. The fraction of sp³-hybridized carbons (Fsp3) is 0.648. The van der Waals surface area contributed by atoms with Crippen LogP contribution in [0.4, 0.5) is 0 Å². The largest absolute Gasteiger partial charge is 0.426 e. The van der Waals surface area contributed by atoms with Gasteiger partial charge < -0.3 is 42.6 Å². The monoisotopic (exact) mass is 1730 g/mol. The Balaban J connectivity index is 2.14. The molecule has 0 radical (unpaired) electrons. The molecule has 0 aromatic heterocycles. The molecule has 1 aliphatic carbocycles. The van der Waals surface area contributed by atoms with Crippen molar-refractivity contribution in [2.75, 3.05) is 6.61 Å². The number of benzene rings is 4. The summed E-state index contributed by atoms with van der Waals surface area (Å²) in [6.07, 6.45) is 31.7. The number of carbonyl (C=O) groups excluding carboxylic acids is 8. The SMILES string of the molecule is C=CCCCCCCCCC1c2cc(c(OC(=O)C(C)(C)C)cc2OC(=O)C(C)(C)C)C(CCCCCCCCC=C)c2cc(c(OC(=O)C(C)(C)C)cc2OC(=O)C(C)(C)C)C(CCCCCCCCC2CO2)c2cc(c(OC(=O)C(C)(C)C)cc2OC(=O)C(C)(C)C)C(CCCCCCCCC=C)c2cc1c(OC(=O)C(C)(C)C)cc2OC(=O)C(C)(C)C. The molecule has 1 saturated heterocycles. The lowest BCUT2D eigenvalue weighted by molar-refractivity contribution is -0.144. The molecule has 0 amide bonds. The Labute approximate surface area is 752 Å². The van der Waals surface area contributed by atoms with Crippen molar-refractivity contribution < 1.29 is 81.0 Å². The fourth-order valence-electron chi connectivity index (χ4n) is 14.9. The Bertz CT molecular complexity index is 3590. The number of esters is 8. The topological polar surface area (TPSA) is 223 Å². The summed E-state index contributed by atoms with van der Waals surface area (Å²) in [7, 11) is 0. The molecule has 3 unspecified atom stereocenters. The third-order valence-corrected chi connectivity index (χ3v) is 23.2. The van der Waals surface area contributed by atoms with Gasteiger partial charge in [0.1, 0.15) is 46.0 Å². The summed E-state index contributed by atoms with van der Waals surface area (Å²) in [6, 6.07) is 14.5. The molecule has 0 N–H and O–H groups in total. The predicted molar refractivity (Wildman–Crippen MR) is 502 cm³/mol. The Kier molecular flexibility index (Phi) is 39.9. The summed E-state index contributed by atoms with van der Waals surface area (Å²) in [5.41, 5.74) is -5.25. The number of unbranched alkanes of at least 4 members (excludes halogenated alkanes) is 23. The highest BCUT2D eigenvalue weighted by Gasteiger charge is 2.42. The molecule has 4 aromatic carbocycles. The number of fused-ring (bicyclic) bond motifs is 8. The summed E-state index contributed by atoms with van der Waals surface area (Å²) in [5.74, 6) is -7.94. The summed E-state index contributed by atoms with van der Waals surface area (Å²) in [5, 5.41) is 0. The third-order valence-electron chi connectivity index (χ3n) is 23.2. The quantitative estimate of drug-likeness (QED) is 0.0132. The smallest absolute Gasteiger partial charge is 0.316 e. The normalized spacial score (nSPS) is 16.3. The summed E-state index contributed by atoms with van der Waals surface area (Å²) in [6.45, 7) is 55.3. The molecule has 8 bridgehead atoms. The Morgan fingerprint density at radius 2 is 0.376 bits per heavy atom. The molecule has 694 valence electrons. The van der Waals surface area contributed by atoms with E-state index in [9.17, 15) is 0 Å². The number of hydrogen-bond donors (Lipinski definition) is 0. The van der Waals surface area contributed by atoms with Gasteiger partial charge in [-0.1, -0.05) is 153 Å². The zero-order valence-electron chi connectivity index (χ0n) is 81.6. The minimum absolute atomic E-state index is 0.0599. The Morgan fingerprint density at radius 3 is 0.512 bits per heavy atom.